The Kier molecular flexibility index (Phi) is 5.55. The van der Waals surface area contributed by atoms with Crippen LogP contribution in [0.5, 0.6) is 5.75 Å². The number of urea groups is 1. The van der Waals surface area contributed by atoms with E-state index in [2.05, 4.69) is 5.32 Å². The molecule has 0 unspecified atom stereocenters. The van der Waals surface area contributed by atoms with Crippen LogP contribution in [0.3, 0.4) is 0 Å². The minimum atomic E-state index is -0.0588. The lowest BCUT2D eigenvalue weighted by Gasteiger charge is -2.29. The lowest BCUT2D eigenvalue weighted by molar-refractivity contribution is 0.183. The van der Waals surface area contributed by atoms with Crippen LogP contribution in [0.15, 0.2) is 24.3 Å². The summed E-state index contributed by atoms with van der Waals surface area (Å²) in [5, 5.41) is 7.84. The molecule has 0 radical (unpaired) electrons. The highest BCUT2D eigenvalue weighted by molar-refractivity contribution is 5.91. The number of nitrogens with one attached hydrogen (secondary N) is 1. The molecule has 0 spiro atoms. The van der Waals surface area contributed by atoms with Crippen molar-refractivity contribution in [1.29, 1.82) is 0 Å². The molecule has 0 atom stereocenters. The molecule has 28 heavy (non-hydrogen) atoms. The van der Waals surface area contributed by atoms with E-state index in [4.69, 9.17) is 9.84 Å². The van der Waals surface area contributed by atoms with Crippen molar-refractivity contribution in [2.24, 2.45) is 7.05 Å². The summed E-state index contributed by atoms with van der Waals surface area (Å²) in [6, 6.07) is 7.85. The number of anilines is 1. The number of para-hydroxylation sites is 2. The summed E-state index contributed by atoms with van der Waals surface area (Å²) in [4.78, 5) is 15.3. The molecule has 0 bridgehead atoms. The smallest absolute Gasteiger partial charge is 0.322 e. The Morgan fingerprint density at radius 2 is 2.04 bits per heavy atom. The molecular weight excluding hydrogens is 352 g/mol. The largest absolute Gasteiger partial charge is 0.492 e. The van der Waals surface area contributed by atoms with Gasteiger partial charge in [-0.2, -0.15) is 5.10 Å². The van der Waals surface area contributed by atoms with Crippen molar-refractivity contribution >= 4 is 11.7 Å². The van der Waals surface area contributed by atoms with Crippen LogP contribution in [0.1, 0.15) is 56.0 Å². The molecule has 2 aliphatic carbocycles. The molecule has 2 aliphatic rings. The number of fused-ring (bicyclic) bond motifs is 1. The minimum Gasteiger partial charge on any atom is -0.492 e. The van der Waals surface area contributed by atoms with Gasteiger partial charge in [0.25, 0.3) is 0 Å². The fourth-order valence-electron chi connectivity index (χ4n) is 4.61. The summed E-state index contributed by atoms with van der Waals surface area (Å²) in [7, 11) is 2.02. The maximum Gasteiger partial charge on any atom is 0.322 e. The standard InChI is InChI=1S/C22H30N4O2/c1-3-28-21-14-7-6-12-18(21)23-22(27)26(16-9-4-5-10-16)15-19-17-11-8-13-20(17)25(2)24-19/h6-7,12,14,16H,3-5,8-11,13,15H2,1-2H3,(H,23,27). The predicted molar refractivity (Wildman–Crippen MR) is 110 cm³/mol. The van der Waals surface area contributed by atoms with E-state index in [-0.39, 0.29) is 12.1 Å². The van der Waals surface area contributed by atoms with Crippen LogP contribution in [0.25, 0.3) is 0 Å². The first-order valence-corrected chi connectivity index (χ1v) is 10.5. The molecular formula is C22H30N4O2. The molecule has 1 aromatic heterocycles. The van der Waals surface area contributed by atoms with Crippen LogP contribution in [0, 0.1) is 0 Å². The Morgan fingerprint density at radius 3 is 2.82 bits per heavy atom. The number of carbonyl (C=O) groups is 1. The number of nitrogens with zero attached hydrogens (tertiary/aromatic N) is 3. The molecule has 1 heterocycles. The van der Waals surface area contributed by atoms with Crippen molar-refractivity contribution in [3.63, 3.8) is 0 Å². The van der Waals surface area contributed by atoms with Crippen molar-refractivity contribution in [1.82, 2.24) is 14.7 Å². The van der Waals surface area contributed by atoms with Crippen molar-refractivity contribution in [2.45, 2.75) is 64.5 Å². The number of rotatable bonds is 6. The zero-order valence-electron chi connectivity index (χ0n) is 16.9. The molecule has 150 valence electrons. The van der Waals surface area contributed by atoms with Gasteiger partial charge in [0, 0.05) is 18.8 Å². The summed E-state index contributed by atoms with van der Waals surface area (Å²) in [5.41, 5.74) is 4.48. The van der Waals surface area contributed by atoms with Crippen LogP contribution in [-0.2, 0) is 26.4 Å². The first-order chi connectivity index (χ1) is 13.7. The van der Waals surface area contributed by atoms with Crippen molar-refractivity contribution in [3.8, 4) is 5.75 Å². The maximum atomic E-state index is 13.3. The van der Waals surface area contributed by atoms with Gasteiger partial charge in [-0.3, -0.25) is 4.68 Å². The zero-order chi connectivity index (χ0) is 19.5. The molecule has 4 rings (SSSR count). The van der Waals surface area contributed by atoms with Gasteiger partial charge in [0.15, 0.2) is 0 Å². The molecule has 0 aliphatic heterocycles. The highest BCUT2D eigenvalue weighted by atomic mass is 16.5. The van der Waals surface area contributed by atoms with E-state index in [0.29, 0.717) is 18.9 Å². The van der Waals surface area contributed by atoms with Gasteiger partial charge >= 0.3 is 6.03 Å². The molecule has 2 amide bonds. The van der Waals surface area contributed by atoms with Gasteiger partial charge in [-0.25, -0.2) is 4.79 Å². The second kappa shape index (κ2) is 8.25. The fraction of sp³-hybridized carbons (Fsp3) is 0.545. The third-order valence-electron chi connectivity index (χ3n) is 5.97. The van der Waals surface area contributed by atoms with Crippen LogP contribution in [-0.4, -0.2) is 33.4 Å². The van der Waals surface area contributed by atoms with E-state index in [1.807, 2.05) is 47.8 Å². The van der Waals surface area contributed by atoms with E-state index in [1.165, 1.54) is 30.5 Å². The summed E-state index contributed by atoms with van der Waals surface area (Å²) < 4.78 is 7.68. The Morgan fingerprint density at radius 1 is 1.25 bits per heavy atom. The highest BCUT2D eigenvalue weighted by Gasteiger charge is 2.30. The number of hydrogen-bond donors (Lipinski definition) is 1. The van der Waals surface area contributed by atoms with Crippen molar-refractivity contribution in [3.05, 3.63) is 41.2 Å². The second-order valence-electron chi connectivity index (χ2n) is 7.77. The summed E-state index contributed by atoms with van der Waals surface area (Å²) in [5.74, 6) is 0.712. The molecule has 1 saturated carbocycles. The first kappa shape index (κ1) is 18.8. The zero-order valence-corrected chi connectivity index (χ0v) is 16.9. The van der Waals surface area contributed by atoms with E-state index in [9.17, 15) is 4.79 Å². The number of aromatic nitrogens is 2. The summed E-state index contributed by atoms with van der Waals surface area (Å²) in [6.45, 7) is 3.10. The molecule has 2 aromatic rings. The quantitative estimate of drug-likeness (QED) is 0.811. The number of aryl methyl sites for hydroxylation is 1. The van der Waals surface area contributed by atoms with Crippen LogP contribution in [0.2, 0.25) is 0 Å². The van der Waals surface area contributed by atoms with Gasteiger partial charge in [-0.15, -0.1) is 0 Å². The highest BCUT2D eigenvalue weighted by Crippen LogP contribution is 2.30. The third kappa shape index (κ3) is 3.73. The molecule has 0 saturated heterocycles. The Bertz CT molecular complexity index is 839. The van der Waals surface area contributed by atoms with E-state index < -0.39 is 0 Å². The minimum absolute atomic E-state index is 0.0588. The van der Waals surface area contributed by atoms with Crippen molar-refractivity contribution in [2.75, 3.05) is 11.9 Å². The number of amides is 2. The Hall–Kier alpha value is -2.50. The Labute approximate surface area is 166 Å². The molecule has 6 nitrogen and oxygen atoms in total. The normalized spacial score (nSPS) is 16.2. The molecule has 1 N–H and O–H groups in total. The van der Waals surface area contributed by atoms with E-state index in [0.717, 1.165) is 37.1 Å². The van der Waals surface area contributed by atoms with Gasteiger partial charge in [0.05, 0.1) is 24.5 Å². The fourth-order valence-corrected chi connectivity index (χ4v) is 4.61. The number of ether oxygens (including phenoxy) is 1. The number of hydrogen-bond acceptors (Lipinski definition) is 3. The van der Waals surface area contributed by atoms with Gasteiger partial charge in [0.1, 0.15) is 5.75 Å². The van der Waals surface area contributed by atoms with Crippen LogP contribution < -0.4 is 10.1 Å². The summed E-state index contributed by atoms with van der Waals surface area (Å²) >= 11 is 0. The van der Waals surface area contributed by atoms with E-state index in [1.54, 1.807) is 0 Å². The average molecular weight is 383 g/mol. The third-order valence-corrected chi connectivity index (χ3v) is 5.97. The monoisotopic (exact) mass is 382 g/mol. The second-order valence-corrected chi connectivity index (χ2v) is 7.77. The number of carbonyl (C=O) groups excluding carboxylic acids is 1. The van der Waals surface area contributed by atoms with Crippen molar-refractivity contribution < 1.29 is 9.53 Å². The summed E-state index contributed by atoms with van der Waals surface area (Å²) in [6.07, 6.45) is 7.85. The number of benzene rings is 1. The Balaban J connectivity index is 1.56. The average Bonchev–Trinajstić information content (AvgIpc) is 3.42. The van der Waals surface area contributed by atoms with Gasteiger partial charge in [0.2, 0.25) is 0 Å². The molecule has 1 fully saturated rings. The van der Waals surface area contributed by atoms with Crippen LogP contribution in [0.4, 0.5) is 10.5 Å². The SMILES string of the molecule is CCOc1ccccc1NC(=O)N(Cc1nn(C)c2c1CCC2)C1CCCC1. The maximum absolute atomic E-state index is 13.3. The molecule has 6 heteroatoms. The lowest BCUT2D eigenvalue weighted by atomic mass is 10.1. The van der Waals surface area contributed by atoms with Crippen LogP contribution >= 0.6 is 0 Å². The van der Waals surface area contributed by atoms with E-state index >= 15 is 0 Å². The lowest BCUT2D eigenvalue weighted by Crippen LogP contribution is -2.41. The van der Waals surface area contributed by atoms with Gasteiger partial charge < -0.3 is 15.0 Å². The molecule has 1 aromatic carbocycles. The van der Waals surface area contributed by atoms with Gasteiger partial charge in [-0.1, -0.05) is 25.0 Å². The topological polar surface area (TPSA) is 59.4 Å². The van der Waals surface area contributed by atoms with Gasteiger partial charge in [-0.05, 0) is 56.7 Å². The predicted octanol–water partition coefficient (Wildman–Crippen LogP) is 4.28. The first-order valence-electron chi connectivity index (χ1n) is 10.5.